The van der Waals surface area contributed by atoms with E-state index in [1.807, 2.05) is 12.1 Å². The van der Waals surface area contributed by atoms with Gasteiger partial charge >= 0.3 is 0 Å². The van der Waals surface area contributed by atoms with Crippen molar-refractivity contribution in [2.75, 3.05) is 6.54 Å². The summed E-state index contributed by atoms with van der Waals surface area (Å²) in [6.07, 6.45) is 2.16. The number of nitrogens with one attached hydrogen (secondary N) is 1. The highest BCUT2D eigenvalue weighted by atomic mass is 32.1. The van der Waals surface area contributed by atoms with Gasteiger partial charge in [0.2, 0.25) is 0 Å². The molecule has 0 aliphatic rings. The van der Waals surface area contributed by atoms with Crippen molar-refractivity contribution in [1.82, 2.24) is 5.32 Å². The number of hydrogen-bond acceptors (Lipinski definition) is 2. The molecule has 0 radical (unpaired) electrons. The third-order valence-electron chi connectivity index (χ3n) is 3.48. The predicted octanol–water partition coefficient (Wildman–Crippen LogP) is 4.60. The molecule has 1 nitrogen and oxygen atoms in total. The number of aryl methyl sites for hydroxylation is 1. The van der Waals surface area contributed by atoms with Crippen molar-refractivity contribution < 1.29 is 4.39 Å². The van der Waals surface area contributed by atoms with Gasteiger partial charge in [-0.25, -0.2) is 4.39 Å². The number of halogens is 1. The summed E-state index contributed by atoms with van der Waals surface area (Å²) in [6, 6.07) is 9.59. The summed E-state index contributed by atoms with van der Waals surface area (Å²) in [7, 11) is 0. The van der Waals surface area contributed by atoms with E-state index in [0.717, 1.165) is 19.4 Å². The Hall–Kier alpha value is -1.19. The van der Waals surface area contributed by atoms with Crippen LogP contribution in [0, 0.1) is 5.82 Å². The second-order valence-electron chi connectivity index (χ2n) is 5.48. The van der Waals surface area contributed by atoms with E-state index in [0.29, 0.717) is 12.0 Å². The minimum Gasteiger partial charge on any atom is -0.314 e. The van der Waals surface area contributed by atoms with Gasteiger partial charge in [-0.15, -0.1) is 0 Å². The molecule has 2 rings (SSSR count). The largest absolute Gasteiger partial charge is 0.314 e. The molecular formula is C17H22FNS. The summed E-state index contributed by atoms with van der Waals surface area (Å²) >= 11 is 1.74. The van der Waals surface area contributed by atoms with Gasteiger partial charge in [0.25, 0.3) is 0 Å². The first-order chi connectivity index (χ1) is 9.65. The molecule has 0 aliphatic carbocycles. The maximum atomic E-state index is 13.1. The molecule has 1 atom stereocenters. The average molecular weight is 291 g/mol. The summed E-state index contributed by atoms with van der Waals surface area (Å²) in [5.41, 5.74) is 2.61. The van der Waals surface area contributed by atoms with Gasteiger partial charge in [-0.1, -0.05) is 26.0 Å². The van der Waals surface area contributed by atoms with Crippen molar-refractivity contribution in [3.8, 4) is 0 Å². The Kier molecular flexibility index (Phi) is 5.74. The van der Waals surface area contributed by atoms with Crippen LogP contribution in [0.4, 0.5) is 4.39 Å². The summed E-state index contributed by atoms with van der Waals surface area (Å²) in [5.74, 6) is 0.264. The SMILES string of the molecule is CC(C)NCC(CCc1ccsc1)c1ccc(F)cc1. The summed E-state index contributed by atoms with van der Waals surface area (Å²) in [6.45, 7) is 5.24. The third-order valence-corrected chi connectivity index (χ3v) is 4.21. The Bertz CT molecular complexity index is 490. The molecule has 2 aromatic rings. The Morgan fingerprint density at radius 3 is 2.50 bits per heavy atom. The number of rotatable bonds is 7. The average Bonchev–Trinajstić information content (AvgIpc) is 2.93. The highest BCUT2D eigenvalue weighted by Crippen LogP contribution is 2.22. The van der Waals surface area contributed by atoms with Gasteiger partial charge in [0, 0.05) is 12.6 Å². The van der Waals surface area contributed by atoms with E-state index in [1.165, 1.54) is 11.1 Å². The fourth-order valence-corrected chi connectivity index (χ4v) is 2.98. The van der Waals surface area contributed by atoms with Gasteiger partial charge in [0.15, 0.2) is 0 Å². The van der Waals surface area contributed by atoms with Crippen molar-refractivity contribution in [2.45, 2.75) is 38.6 Å². The van der Waals surface area contributed by atoms with Gasteiger partial charge in [-0.05, 0) is 58.8 Å². The fourth-order valence-electron chi connectivity index (χ4n) is 2.28. The highest BCUT2D eigenvalue weighted by Gasteiger charge is 2.12. The lowest BCUT2D eigenvalue weighted by Crippen LogP contribution is -2.28. The number of hydrogen-bond donors (Lipinski definition) is 1. The topological polar surface area (TPSA) is 12.0 Å². The monoisotopic (exact) mass is 291 g/mol. The molecule has 20 heavy (non-hydrogen) atoms. The molecule has 3 heteroatoms. The Labute approximate surface area is 124 Å². The molecule has 1 aromatic heterocycles. The second-order valence-corrected chi connectivity index (χ2v) is 6.26. The normalized spacial score (nSPS) is 12.8. The van der Waals surface area contributed by atoms with Crippen LogP contribution in [0.3, 0.4) is 0 Å². The minimum absolute atomic E-state index is 0.165. The zero-order valence-corrected chi connectivity index (χ0v) is 12.9. The van der Waals surface area contributed by atoms with Gasteiger partial charge in [-0.2, -0.15) is 11.3 Å². The molecule has 0 aliphatic heterocycles. The molecule has 0 saturated heterocycles. The van der Waals surface area contributed by atoms with Crippen LogP contribution in [0.15, 0.2) is 41.1 Å². The third kappa shape index (κ3) is 4.73. The van der Waals surface area contributed by atoms with Gasteiger partial charge in [0.1, 0.15) is 5.82 Å². The molecule has 0 saturated carbocycles. The zero-order valence-electron chi connectivity index (χ0n) is 12.1. The van der Waals surface area contributed by atoms with Crippen molar-refractivity contribution in [1.29, 1.82) is 0 Å². The molecule has 1 heterocycles. The lowest BCUT2D eigenvalue weighted by atomic mass is 9.92. The maximum Gasteiger partial charge on any atom is 0.123 e. The summed E-state index contributed by atoms with van der Waals surface area (Å²) in [5, 5.41) is 7.82. The Morgan fingerprint density at radius 2 is 1.90 bits per heavy atom. The van der Waals surface area contributed by atoms with Crippen LogP contribution in [0.25, 0.3) is 0 Å². The molecule has 0 amide bonds. The smallest absolute Gasteiger partial charge is 0.123 e. The first-order valence-electron chi connectivity index (χ1n) is 7.15. The van der Waals surface area contributed by atoms with Crippen LogP contribution in [-0.2, 0) is 6.42 Å². The zero-order chi connectivity index (χ0) is 14.4. The van der Waals surface area contributed by atoms with Crippen LogP contribution in [0.2, 0.25) is 0 Å². The molecule has 0 bridgehead atoms. The van der Waals surface area contributed by atoms with Crippen molar-refractivity contribution >= 4 is 11.3 Å². The van der Waals surface area contributed by atoms with E-state index in [2.05, 4.69) is 36.0 Å². The maximum absolute atomic E-state index is 13.1. The van der Waals surface area contributed by atoms with E-state index < -0.39 is 0 Å². The van der Waals surface area contributed by atoms with Crippen LogP contribution in [0.1, 0.15) is 37.3 Å². The quantitative estimate of drug-likeness (QED) is 0.786. The van der Waals surface area contributed by atoms with Crippen LogP contribution < -0.4 is 5.32 Å². The lowest BCUT2D eigenvalue weighted by molar-refractivity contribution is 0.507. The summed E-state index contributed by atoms with van der Waals surface area (Å²) < 4.78 is 13.1. The molecule has 108 valence electrons. The molecule has 0 fully saturated rings. The molecular weight excluding hydrogens is 269 g/mol. The highest BCUT2D eigenvalue weighted by molar-refractivity contribution is 7.07. The minimum atomic E-state index is -0.165. The number of thiophene rings is 1. The molecule has 1 N–H and O–H groups in total. The standard InChI is InChI=1S/C17H22FNS/c1-13(2)19-11-16(4-3-14-9-10-20-12-14)15-5-7-17(18)8-6-15/h5-10,12-13,16,19H,3-4,11H2,1-2H3. The first kappa shape index (κ1) is 15.2. The predicted molar refractivity (Wildman–Crippen MR) is 84.9 cm³/mol. The van der Waals surface area contributed by atoms with Crippen LogP contribution >= 0.6 is 11.3 Å². The van der Waals surface area contributed by atoms with E-state index in [9.17, 15) is 4.39 Å². The van der Waals surface area contributed by atoms with Crippen molar-refractivity contribution in [2.24, 2.45) is 0 Å². The summed E-state index contributed by atoms with van der Waals surface area (Å²) in [4.78, 5) is 0. The van der Waals surface area contributed by atoms with E-state index in [-0.39, 0.29) is 5.82 Å². The molecule has 1 unspecified atom stereocenters. The van der Waals surface area contributed by atoms with Crippen molar-refractivity contribution in [3.05, 3.63) is 58.0 Å². The Morgan fingerprint density at radius 1 is 1.15 bits per heavy atom. The lowest BCUT2D eigenvalue weighted by Gasteiger charge is -2.19. The van der Waals surface area contributed by atoms with E-state index >= 15 is 0 Å². The van der Waals surface area contributed by atoms with Gasteiger partial charge < -0.3 is 5.32 Å². The molecule has 0 spiro atoms. The Balaban J connectivity index is 2.01. The van der Waals surface area contributed by atoms with E-state index in [4.69, 9.17) is 0 Å². The van der Waals surface area contributed by atoms with Crippen LogP contribution in [0.5, 0.6) is 0 Å². The van der Waals surface area contributed by atoms with Crippen molar-refractivity contribution in [3.63, 3.8) is 0 Å². The molecule has 1 aromatic carbocycles. The fraction of sp³-hybridized carbons (Fsp3) is 0.412. The van der Waals surface area contributed by atoms with Gasteiger partial charge in [0.05, 0.1) is 0 Å². The first-order valence-corrected chi connectivity index (χ1v) is 8.09. The van der Waals surface area contributed by atoms with Crippen LogP contribution in [-0.4, -0.2) is 12.6 Å². The van der Waals surface area contributed by atoms with Gasteiger partial charge in [-0.3, -0.25) is 0 Å². The van der Waals surface area contributed by atoms with E-state index in [1.54, 1.807) is 23.5 Å². The number of benzene rings is 1. The second kappa shape index (κ2) is 7.55.